The van der Waals surface area contributed by atoms with Crippen LogP contribution in [0.25, 0.3) is 0 Å². The van der Waals surface area contributed by atoms with Crippen molar-refractivity contribution in [2.45, 2.75) is 58.4 Å². The highest BCUT2D eigenvalue weighted by Crippen LogP contribution is 2.32. The lowest BCUT2D eigenvalue weighted by Gasteiger charge is -2.34. The molecule has 6 nitrogen and oxygen atoms in total. The minimum absolute atomic E-state index is 0.225. The molecule has 1 aromatic carbocycles. The van der Waals surface area contributed by atoms with Gasteiger partial charge in [-0.15, -0.1) is 0 Å². The average Bonchev–Trinajstić information content (AvgIpc) is 2.79. The number of aryl methyl sites for hydroxylation is 1. The van der Waals surface area contributed by atoms with Gasteiger partial charge in [0.2, 0.25) is 5.91 Å². The highest BCUT2D eigenvalue weighted by Gasteiger charge is 2.29. The maximum absolute atomic E-state index is 12.2. The second-order valence-electron chi connectivity index (χ2n) is 8.38. The standard InChI is InChI=1S/C24H32N4O2/c1-4-22(29)27-13-5-7-19(16-27)23-25-17(2)21-8-6-14-28(24(21)26-23)15-18-9-11-20(30-3)12-10-18/h9-12,19H,4-8,13-16H2,1-3H3. The van der Waals surface area contributed by atoms with E-state index in [2.05, 4.69) is 24.0 Å². The number of amides is 1. The van der Waals surface area contributed by atoms with Crippen LogP contribution in [-0.4, -0.2) is 47.5 Å². The molecular weight excluding hydrogens is 376 g/mol. The topological polar surface area (TPSA) is 58.6 Å². The van der Waals surface area contributed by atoms with Crippen LogP contribution in [0.15, 0.2) is 24.3 Å². The number of rotatable bonds is 5. The Balaban J connectivity index is 1.59. The monoisotopic (exact) mass is 408 g/mol. The molecule has 0 radical (unpaired) electrons. The van der Waals surface area contributed by atoms with Gasteiger partial charge in [0.1, 0.15) is 17.4 Å². The van der Waals surface area contributed by atoms with Gasteiger partial charge in [0, 0.05) is 49.8 Å². The summed E-state index contributed by atoms with van der Waals surface area (Å²) in [6, 6.07) is 8.27. The van der Waals surface area contributed by atoms with Crippen molar-refractivity contribution in [2.24, 2.45) is 0 Å². The van der Waals surface area contributed by atoms with Gasteiger partial charge in [-0.05, 0) is 50.3 Å². The summed E-state index contributed by atoms with van der Waals surface area (Å²) in [6.07, 6.45) is 4.78. The van der Waals surface area contributed by atoms with E-state index in [1.807, 2.05) is 24.0 Å². The fourth-order valence-corrected chi connectivity index (χ4v) is 4.63. The molecule has 1 atom stereocenters. The Morgan fingerprint density at radius 3 is 2.70 bits per heavy atom. The zero-order valence-corrected chi connectivity index (χ0v) is 18.4. The summed E-state index contributed by atoms with van der Waals surface area (Å²) in [5, 5.41) is 0. The molecule has 3 heterocycles. The Morgan fingerprint density at radius 2 is 1.97 bits per heavy atom. The number of carbonyl (C=O) groups excluding carboxylic acids is 1. The molecular formula is C24H32N4O2. The van der Waals surface area contributed by atoms with Gasteiger partial charge < -0.3 is 14.5 Å². The number of piperidine rings is 1. The van der Waals surface area contributed by atoms with E-state index in [4.69, 9.17) is 14.7 Å². The molecule has 6 heteroatoms. The number of aromatic nitrogens is 2. The fraction of sp³-hybridized carbons (Fsp3) is 0.542. The maximum Gasteiger partial charge on any atom is 0.222 e. The van der Waals surface area contributed by atoms with Gasteiger partial charge in [0.25, 0.3) is 0 Å². The largest absolute Gasteiger partial charge is 0.497 e. The predicted octanol–water partition coefficient (Wildman–Crippen LogP) is 3.86. The summed E-state index contributed by atoms with van der Waals surface area (Å²) >= 11 is 0. The molecule has 1 amide bonds. The highest BCUT2D eigenvalue weighted by atomic mass is 16.5. The molecule has 1 unspecified atom stereocenters. The van der Waals surface area contributed by atoms with Crippen molar-refractivity contribution in [3.8, 4) is 5.75 Å². The minimum Gasteiger partial charge on any atom is -0.497 e. The van der Waals surface area contributed by atoms with Gasteiger partial charge in [-0.3, -0.25) is 4.79 Å². The molecule has 30 heavy (non-hydrogen) atoms. The number of hydrogen-bond donors (Lipinski definition) is 0. The molecule has 0 spiro atoms. The third-order valence-electron chi connectivity index (χ3n) is 6.34. The number of benzene rings is 1. The predicted molar refractivity (Wildman–Crippen MR) is 118 cm³/mol. The van der Waals surface area contributed by atoms with Gasteiger partial charge in [-0.2, -0.15) is 0 Å². The first kappa shape index (κ1) is 20.6. The summed E-state index contributed by atoms with van der Waals surface area (Å²) in [4.78, 5) is 26.6. The van der Waals surface area contributed by atoms with E-state index in [-0.39, 0.29) is 11.8 Å². The Hall–Kier alpha value is -2.63. The van der Waals surface area contributed by atoms with E-state index < -0.39 is 0 Å². The highest BCUT2D eigenvalue weighted by molar-refractivity contribution is 5.76. The van der Waals surface area contributed by atoms with E-state index in [9.17, 15) is 4.79 Å². The zero-order valence-electron chi connectivity index (χ0n) is 18.4. The van der Waals surface area contributed by atoms with E-state index in [1.165, 1.54) is 11.1 Å². The molecule has 0 saturated carbocycles. The van der Waals surface area contributed by atoms with Gasteiger partial charge in [0.15, 0.2) is 0 Å². The van der Waals surface area contributed by atoms with Crippen LogP contribution in [0, 0.1) is 6.92 Å². The van der Waals surface area contributed by atoms with Crippen molar-refractivity contribution >= 4 is 11.7 Å². The summed E-state index contributed by atoms with van der Waals surface area (Å²) < 4.78 is 5.29. The Labute approximate surface area is 179 Å². The maximum atomic E-state index is 12.2. The molecule has 2 aliphatic rings. The van der Waals surface area contributed by atoms with Crippen LogP contribution in [0.5, 0.6) is 5.75 Å². The van der Waals surface area contributed by atoms with E-state index in [0.29, 0.717) is 6.42 Å². The molecule has 4 rings (SSSR count). The van der Waals surface area contributed by atoms with Crippen molar-refractivity contribution in [1.29, 1.82) is 0 Å². The SMILES string of the molecule is CCC(=O)N1CCCC(c2nc(C)c3c(n2)N(Cc2ccc(OC)cc2)CCC3)C1. The number of ether oxygens (including phenoxy) is 1. The Bertz CT molecular complexity index is 897. The molecule has 2 aromatic rings. The summed E-state index contributed by atoms with van der Waals surface area (Å²) in [5.74, 6) is 3.32. The Kier molecular flexibility index (Phi) is 6.21. The number of anilines is 1. The van der Waals surface area contributed by atoms with Crippen molar-refractivity contribution < 1.29 is 9.53 Å². The second-order valence-corrected chi connectivity index (χ2v) is 8.38. The van der Waals surface area contributed by atoms with E-state index >= 15 is 0 Å². The van der Waals surface area contributed by atoms with Crippen LogP contribution in [0.2, 0.25) is 0 Å². The van der Waals surface area contributed by atoms with Gasteiger partial charge >= 0.3 is 0 Å². The minimum atomic E-state index is 0.225. The first-order chi connectivity index (χ1) is 14.6. The van der Waals surface area contributed by atoms with E-state index in [0.717, 1.165) is 74.9 Å². The molecule has 1 aromatic heterocycles. The molecule has 0 N–H and O–H groups in total. The smallest absolute Gasteiger partial charge is 0.222 e. The van der Waals surface area contributed by atoms with Crippen LogP contribution in [-0.2, 0) is 17.8 Å². The van der Waals surface area contributed by atoms with Crippen molar-refractivity contribution in [3.05, 3.63) is 46.9 Å². The third kappa shape index (κ3) is 4.27. The number of nitrogens with zero attached hydrogens (tertiary/aromatic N) is 4. The lowest BCUT2D eigenvalue weighted by atomic mass is 9.95. The molecule has 1 saturated heterocycles. The molecule has 2 aliphatic heterocycles. The van der Waals surface area contributed by atoms with Crippen LogP contribution < -0.4 is 9.64 Å². The van der Waals surface area contributed by atoms with Crippen LogP contribution in [0.1, 0.15) is 61.2 Å². The number of likely N-dealkylation sites (tertiary alicyclic amines) is 1. The van der Waals surface area contributed by atoms with Crippen molar-refractivity contribution in [2.75, 3.05) is 31.6 Å². The number of fused-ring (bicyclic) bond motifs is 1. The Morgan fingerprint density at radius 1 is 1.17 bits per heavy atom. The summed E-state index contributed by atoms with van der Waals surface area (Å²) in [7, 11) is 1.69. The second kappa shape index (κ2) is 9.02. The van der Waals surface area contributed by atoms with Crippen LogP contribution in [0.3, 0.4) is 0 Å². The molecule has 160 valence electrons. The number of hydrogen-bond acceptors (Lipinski definition) is 5. The fourth-order valence-electron chi connectivity index (χ4n) is 4.63. The lowest BCUT2D eigenvalue weighted by Crippen LogP contribution is -2.39. The first-order valence-corrected chi connectivity index (χ1v) is 11.1. The average molecular weight is 409 g/mol. The van der Waals surface area contributed by atoms with Crippen LogP contribution >= 0.6 is 0 Å². The first-order valence-electron chi connectivity index (χ1n) is 11.1. The van der Waals surface area contributed by atoms with Gasteiger partial charge in [0.05, 0.1) is 7.11 Å². The zero-order chi connectivity index (χ0) is 21.1. The van der Waals surface area contributed by atoms with Gasteiger partial charge in [-0.1, -0.05) is 19.1 Å². The summed E-state index contributed by atoms with van der Waals surface area (Å²) in [6.45, 7) is 7.47. The lowest BCUT2D eigenvalue weighted by molar-refractivity contribution is -0.132. The van der Waals surface area contributed by atoms with E-state index in [1.54, 1.807) is 7.11 Å². The summed E-state index contributed by atoms with van der Waals surface area (Å²) in [5.41, 5.74) is 3.61. The molecule has 0 bridgehead atoms. The van der Waals surface area contributed by atoms with Crippen molar-refractivity contribution in [3.63, 3.8) is 0 Å². The van der Waals surface area contributed by atoms with Gasteiger partial charge in [-0.25, -0.2) is 9.97 Å². The molecule has 0 aliphatic carbocycles. The molecule has 1 fully saturated rings. The van der Waals surface area contributed by atoms with Crippen molar-refractivity contribution in [1.82, 2.24) is 14.9 Å². The quantitative estimate of drug-likeness (QED) is 0.752. The third-order valence-corrected chi connectivity index (χ3v) is 6.34. The van der Waals surface area contributed by atoms with Crippen LogP contribution in [0.4, 0.5) is 5.82 Å². The normalized spacial score (nSPS) is 18.8. The number of methoxy groups -OCH3 is 1. The number of carbonyl (C=O) groups is 1.